The van der Waals surface area contributed by atoms with Crippen LogP contribution in [0.4, 0.5) is 0 Å². The van der Waals surface area contributed by atoms with E-state index in [4.69, 9.17) is 9.73 Å². The molecule has 1 rings (SSSR count). The molecule has 0 spiro atoms. The molecule has 4 heteroatoms. The first-order valence-corrected chi connectivity index (χ1v) is 10.4. The SMILES string of the molecule is CCCCCCCC[C@H]1N=C(C)O[C@@H]1CCCCCCCC(=O)OC. The third kappa shape index (κ3) is 10.5. The highest BCUT2D eigenvalue weighted by Gasteiger charge is 2.27. The topological polar surface area (TPSA) is 47.9 Å². The molecule has 0 aromatic carbocycles. The van der Waals surface area contributed by atoms with Crippen molar-refractivity contribution in [1.29, 1.82) is 0 Å². The standard InChI is InChI=1S/C21H39NO3/c1-4-5-6-7-9-12-15-19-20(25-18(2)22-19)16-13-10-8-11-14-17-21(23)24-3/h19-20H,4-17H2,1-3H3/t19-,20-/m1/s1. The molecule has 1 heterocycles. The zero-order chi connectivity index (χ0) is 18.3. The summed E-state index contributed by atoms with van der Waals surface area (Å²) in [6, 6.07) is 0.380. The van der Waals surface area contributed by atoms with Gasteiger partial charge in [0.25, 0.3) is 0 Å². The van der Waals surface area contributed by atoms with E-state index >= 15 is 0 Å². The molecule has 0 aromatic rings. The molecule has 0 bridgehead atoms. The van der Waals surface area contributed by atoms with Gasteiger partial charge >= 0.3 is 5.97 Å². The highest BCUT2D eigenvalue weighted by Crippen LogP contribution is 2.24. The van der Waals surface area contributed by atoms with Crippen LogP contribution in [0.2, 0.25) is 0 Å². The van der Waals surface area contributed by atoms with Gasteiger partial charge in [0.1, 0.15) is 6.10 Å². The van der Waals surface area contributed by atoms with Crippen LogP contribution < -0.4 is 0 Å². The quantitative estimate of drug-likeness (QED) is 0.275. The zero-order valence-corrected chi connectivity index (χ0v) is 16.7. The predicted molar refractivity (Wildman–Crippen MR) is 104 cm³/mol. The van der Waals surface area contributed by atoms with Crippen LogP contribution in [0.25, 0.3) is 0 Å². The zero-order valence-electron chi connectivity index (χ0n) is 16.7. The number of methoxy groups -OCH3 is 1. The number of hydrogen-bond acceptors (Lipinski definition) is 4. The molecule has 0 unspecified atom stereocenters. The second kappa shape index (κ2) is 14.1. The van der Waals surface area contributed by atoms with Gasteiger partial charge in [0.2, 0.25) is 0 Å². The van der Waals surface area contributed by atoms with Crippen molar-refractivity contribution < 1.29 is 14.3 Å². The summed E-state index contributed by atoms with van der Waals surface area (Å²) in [7, 11) is 1.45. The molecule has 0 aliphatic carbocycles. The van der Waals surface area contributed by atoms with Gasteiger partial charge in [-0.2, -0.15) is 0 Å². The second-order valence-corrected chi connectivity index (χ2v) is 7.31. The van der Waals surface area contributed by atoms with Crippen molar-refractivity contribution in [3.8, 4) is 0 Å². The van der Waals surface area contributed by atoms with Crippen molar-refractivity contribution in [2.24, 2.45) is 4.99 Å². The molecule has 146 valence electrons. The highest BCUT2D eigenvalue weighted by atomic mass is 16.5. The molecule has 0 aromatic heterocycles. The normalized spacial score (nSPS) is 19.6. The van der Waals surface area contributed by atoms with Crippen molar-refractivity contribution >= 4 is 11.9 Å². The molecule has 0 radical (unpaired) electrons. The first kappa shape index (κ1) is 22.0. The van der Waals surface area contributed by atoms with Gasteiger partial charge in [0.15, 0.2) is 5.90 Å². The van der Waals surface area contributed by atoms with Crippen LogP contribution in [0, 0.1) is 0 Å². The lowest BCUT2D eigenvalue weighted by Gasteiger charge is -2.17. The lowest BCUT2D eigenvalue weighted by molar-refractivity contribution is -0.140. The molecule has 1 aliphatic rings. The van der Waals surface area contributed by atoms with E-state index in [1.165, 1.54) is 71.3 Å². The third-order valence-corrected chi connectivity index (χ3v) is 5.05. The average molecular weight is 354 g/mol. The van der Waals surface area contributed by atoms with Crippen LogP contribution in [-0.2, 0) is 14.3 Å². The fourth-order valence-corrected chi connectivity index (χ4v) is 3.53. The number of ether oxygens (including phenoxy) is 2. The number of carbonyl (C=O) groups excluding carboxylic acids is 1. The summed E-state index contributed by atoms with van der Waals surface area (Å²) in [5.41, 5.74) is 0. The Morgan fingerprint density at radius 3 is 2.24 bits per heavy atom. The van der Waals surface area contributed by atoms with E-state index in [0.29, 0.717) is 18.6 Å². The van der Waals surface area contributed by atoms with E-state index in [2.05, 4.69) is 11.7 Å². The van der Waals surface area contributed by atoms with Crippen LogP contribution in [-0.4, -0.2) is 31.1 Å². The summed E-state index contributed by atoms with van der Waals surface area (Å²) in [5, 5.41) is 0. The Balaban J connectivity index is 2.06. The largest absolute Gasteiger partial charge is 0.476 e. The molecule has 0 saturated carbocycles. The van der Waals surface area contributed by atoms with Crippen LogP contribution in [0.3, 0.4) is 0 Å². The Kier molecular flexibility index (Phi) is 12.4. The maximum atomic E-state index is 11.0. The van der Waals surface area contributed by atoms with Crippen molar-refractivity contribution in [2.45, 2.75) is 116 Å². The Morgan fingerprint density at radius 2 is 1.56 bits per heavy atom. The predicted octanol–water partition coefficient (Wildman–Crippen LogP) is 5.83. The molecule has 2 atom stereocenters. The van der Waals surface area contributed by atoms with Gasteiger partial charge in [-0.25, -0.2) is 4.99 Å². The number of carbonyl (C=O) groups is 1. The molecule has 1 aliphatic heterocycles. The maximum absolute atomic E-state index is 11.0. The Hall–Kier alpha value is -1.06. The van der Waals surface area contributed by atoms with Crippen LogP contribution in [0.1, 0.15) is 104 Å². The molecule has 0 amide bonds. The monoisotopic (exact) mass is 353 g/mol. The van der Waals surface area contributed by atoms with Gasteiger partial charge in [-0.15, -0.1) is 0 Å². The number of rotatable bonds is 15. The lowest BCUT2D eigenvalue weighted by Crippen LogP contribution is -2.22. The van der Waals surface area contributed by atoms with Crippen molar-refractivity contribution in [3.63, 3.8) is 0 Å². The molecular weight excluding hydrogens is 314 g/mol. The van der Waals surface area contributed by atoms with E-state index in [0.717, 1.165) is 25.2 Å². The van der Waals surface area contributed by atoms with E-state index in [1.54, 1.807) is 0 Å². The summed E-state index contributed by atoms with van der Waals surface area (Å²) in [6.07, 6.45) is 16.8. The summed E-state index contributed by atoms with van der Waals surface area (Å²) in [5.74, 6) is 0.781. The Bertz CT molecular complexity index is 381. The van der Waals surface area contributed by atoms with Crippen molar-refractivity contribution in [3.05, 3.63) is 0 Å². The number of nitrogens with zero attached hydrogens (tertiary/aromatic N) is 1. The van der Waals surface area contributed by atoms with Crippen LogP contribution >= 0.6 is 0 Å². The smallest absolute Gasteiger partial charge is 0.305 e. The number of hydrogen-bond donors (Lipinski definition) is 0. The summed E-state index contributed by atoms with van der Waals surface area (Å²) < 4.78 is 10.6. The summed E-state index contributed by atoms with van der Waals surface area (Å²) >= 11 is 0. The molecule has 25 heavy (non-hydrogen) atoms. The minimum atomic E-state index is -0.0930. The summed E-state index contributed by atoms with van der Waals surface area (Å²) in [4.78, 5) is 15.8. The number of aliphatic imine (C=N–C) groups is 1. The van der Waals surface area contributed by atoms with Gasteiger partial charge in [0, 0.05) is 13.3 Å². The van der Waals surface area contributed by atoms with E-state index < -0.39 is 0 Å². The Labute approximate surface area is 154 Å². The molecule has 4 nitrogen and oxygen atoms in total. The van der Waals surface area contributed by atoms with Crippen LogP contribution in [0.15, 0.2) is 4.99 Å². The molecule has 0 fully saturated rings. The minimum Gasteiger partial charge on any atom is -0.476 e. The first-order chi connectivity index (χ1) is 12.2. The number of esters is 1. The molecular formula is C21H39NO3. The van der Waals surface area contributed by atoms with E-state index in [1.807, 2.05) is 6.92 Å². The van der Waals surface area contributed by atoms with Crippen LogP contribution in [0.5, 0.6) is 0 Å². The highest BCUT2D eigenvalue weighted by molar-refractivity contribution is 5.75. The van der Waals surface area contributed by atoms with Gasteiger partial charge in [-0.05, 0) is 25.7 Å². The van der Waals surface area contributed by atoms with E-state index in [-0.39, 0.29) is 5.97 Å². The van der Waals surface area contributed by atoms with Gasteiger partial charge in [-0.3, -0.25) is 4.79 Å². The maximum Gasteiger partial charge on any atom is 0.305 e. The van der Waals surface area contributed by atoms with Crippen molar-refractivity contribution in [2.75, 3.05) is 7.11 Å². The lowest BCUT2D eigenvalue weighted by atomic mass is 9.98. The molecule has 0 saturated heterocycles. The van der Waals surface area contributed by atoms with Gasteiger partial charge in [0.05, 0.1) is 13.2 Å². The van der Waals surface area contributed by atoms with Gasteiger partial charge in [-0.1, -0.05) is 64.7 Å². The fourth-order valence-electron chi connectivity index (χ4n) is 3.53. The average Bonchev–Trinajstić information content (AvgIpc) is 2.96. The van der Waals surface area contributed by atoms with E-state index in [9.17, 15) is 4.79 Å². The molecule has 0 N–H and O–H groups in total. The number of unbranched alkanes of at least 4 members (excludes halogenated alkanes) is 9. The Morgan fingerprint density at radius 1 is 0.960 bits per heavy atom. The summed E-state index contributed by atoms with van der Waals surface area (Å²) in [6.45, 7) is 4.25. The van der Waals surface area contributed by atoms with Gasteiger partial charge < -0.3 is 9.47 Å². The minimum absolute atomic E-state index is 0.0930. The first-order valence-electron chi connectivity index (χ1n) is 10.4. The second-order valence-electron chi connectivity index (χ2n) is 7.31. The van der Waals surface area contributed by atoms with Crippen molar-refractivity contribution in [1.82, 2.24) is 0 Å². The fraction of sp³-hybridized carbons (Fsp3) is 0.905. The third-order valence-electron chi connectivity index (χ3n) is 5.05.